The van der Waals surface area contributed by atoms with Crippen LogP contribution in [0.3, 0.4) is 0 Å². The first-order chi connectivity index (χ1) is 7.63. The maximum atomic E-state index is 5.99. The Balaban J connectivity index is 2.60. The molecule has 0 heterocycles. The topological polar surface area (TPSA) is 3.24 Å². The van der Waals surface area contributed by atoms with Gasteiger partial charge in [0.25, 0.3) is 0 Å². The number of nitrogens with zero attached hydrogens (tertiary/aromatic N) is 1. The second-order valence-electron chi connectivity index (χ2n) is 4.24. The van der Waals surface area contributed by atoms with E-state index in [0.717, 1.165) is 23.4 Å². The minimum Gasteiger partial charge on any atom is -0.297 e. The Morgan fingerprint density at radius 3 is 2.69 bits per heavy atom. The van der Waals surface area contributed by atoms with E-state index in [-0.39, 0.29) is 0 Å². The summed E-state index contributed by atoms with van der Waals surface area (Å²) in [5.41, 5.74) is 1.29. The van der Waals surface area contributed by atoms with Crippen LogP contribution in [-0.4, -0.2) is 22.8 Å². The highest BCUT2D eigenvalue weighted by Gasteiger charge is 2.09. The number of alkyl halides is 1. The van der Waals surface area contributed by atoms with Gasteiger partial charge in [-0.25, -0.2) is 0 Å². The van der Waals surface area contributed by atoms with Crippen molar-refractivity contribution in [3.63, 3.8) is 0 Å². The quantitative estimate of drug-likeness (QED) is 0.707. The number of halogens is 2. The summed E-state index contributed by atoms with van der Waals surface area (Å²) in [6.45, 7) is 6.57. The number of hydrogen-bond acceptors (Lipinski definition) is 1. The molecule has 0 unspecified atom stereocenters. The third-order valence-corrected chi connectivity index (χ3v) is 3.38. The number of hydrogen-bond donors (Lipinski definition) is 0. The molecule has 0 amide bonds. The van der Waals surface area contributed by atoms with E-state index < -0.39 is 0 Å². The lowest BCUT2D eigenvalue weighted by Crippen LogP contribution is -2.31. The van der Waals surface area contributed by atoms with Crippen LogP contribution in [0.25, 0.3) is 0 Å². The van der Waals surface area contributed by atoms with Crippen molar-refractivity contribution in [3.8, 4) is 0 Å². The van der Waals surface area contributed by atoms with E-state index in [1.165, 1.54) is 12.0 Å². The zero-order valence-corrected chi connectivity index (χ0v) is 12.3. The maximum absolute atomic E-state index is 5.99. The van der Waals surface area contributed by atoms with Crippen molar-refractivity contribution in [2.75, 3.05) is 11.9 Å². The van der Waals surface area contributed by atoms with E-state index in [1.54, 1.807) is 0 Å². The second kappa shape index (κ2) is 7.31. The zero-order valence-electron chi connectivity index (χ0n) is 9.92. The van der Waals surface area contributed by atoms with Crippen molar-refractivity contribution in [2.24, 2.45) is 0 Å². The molecule has 1 aromatic rings. The van der Waals surface area contributed by atoms with Gasteiger partial charge in [0.05, 0.1) is 0 Å². The van der Waals surface area contributed by atoms with E-state index in [2.05, 4.69) is 40.7 Å². The van der Waals surface area contributed by atoms with Gasteiger partial charge >= 0.3 is 0 Å². The summed E-state index contributed by atoms with van der Waals surface area (Å²) < 4.78 is 0. The van der Waals surface area contributed by atoms with Gasteiger partial charge in [-0.05, 0) is 44.5 Å². The Bertz CT molecular complexity index is 315. The lowest BCUT2D eigenvalue weighted by atomic mass is 10.2. The zero-order chi connectivity index (χ0) is 12.0. The van der Waals surface area contributed by atoms with Gasteiger partial charge in [-0.1, -0.05) is 39.7 Å². The molecule has 1 aromatic carbocycles. The van der Waals surface area contributed by atoms with Gasteiger partial charge in [0.1, 0.15) is 0 Å². The molecule has 0 N–H and O–H groups in total. The largest absolute Gasteiger partial charge is 0.297 e. The van der Waals surface area contributed by atoms with Gasteiger partial charge < -0.3 is 0 Å². The summed E-state index contributed by atoms with van der Waals surface area (Å²) in [5.74, 6) is 0. The minimum atomic E-state index is 0.568. The van der Waals surface area contributed by atoms with Crippen LogP contribution in [0, 0.1) is 0 Å². The Morgan fingerprint density at radius 2 is 2.12 bits per heavy atom. The van der Waals surface area contributed by atoms with Crippen LogP contribution in [0.1, 0.15) is 25.8 Å². The summed E-state index contributed by atoms with van der Waals surface area (Å²) in [7, 11) is 0. The molecule has 0 aliphatic carbocycles. The maximum Gasteiger partial charge on any atom is 0.0409 e. The van der Waals surface area contributed by atoms with E-state index in [4.69, 9.17) is 11.6 Å². The fourth-order valence-corrected chi connectivity index (χ4v) is 2.12. The average molecular weight is 305 g/mol. The van der Waals surface area contributed by atoms with Gasteiger partial charge in [0, 0.05) is 22.9 Å². The molecule has 0 saturated heterocycles. The molecule has 0 bridgehead atoms. The van der Waals surface area contributed by atoms with Crippen LogP contribution >= 0.6 is 27.5 Å². The van der Waals surface area contributed by atoms with Crippen molar-refractivity contribution in [1.82, 2.24) is 4.90 Å². The Labute approximate surface area is 112 Å². The van der Waals surface area contributed by atoms with Crippen LogP contribution in [0.15, 0.2) is 24.3 Å². The third kappa shape index (κ3) is 4.86. The predicted octanol–water partition coefficient (Wildman–Crippen LogP) is 4.34. The van der Waals surface area contributed by atoms with E-state index in [0.29, 0.717) is 6.04 Å². The van der Waals surface area contributed by atoms with E-state index in [9.17, 15) is 0 Å². The molecular formula is C13H19BrClN. The van der Waals surface area contributed by atoms with Gasteiger partial charge in [-0.15, -0.1) is 0 Å². The van der Waals surface area contributed by atoms with E-state index in [1.807, 2.05) is 18.2 Å². The molecule has 1 nitrogen and oxygen atoms in total. The van der Waals surface area contributed by atoms with Gasteiger partial charge in [-0.2, -0.15) is 0 Å². The lowest BCUT2D eigenvalue weighted by Gasteiger charge is -2.26. The first-order valence-electron chi connectivity index (χ1n) is 5.68. The molecule has 0 fully saturated rings. The van der Waals surface area contributed by atoms with Crippen molar-refractivity contribution < 1.29 is 0 Å². The smallest absolute Gasteiger partial charge is 0.0409 e. The Kier molecular flexibility index (Phi) is 6.40. The molecule has 0 aliphatic heterocycles. The van der Waals surface area contributed by atoms with Crippen molar-refractivity contribution >= 4 is 27.5 Å². The summed E-state index contributed by atoms with van der Waals surface area (Å²) >= 11 is 9.46. The highest BCUT2D eigenvalue weighted by molar-refractivity contribution is 9.09. The van der Waals surface area contributed by atoms with Crippen LogP contribution in [-0.2, 0) is 6.54 Å². The van der Waals surface area contributed by atoms with Crippen molar-refractivity contribution in [1.29, 1.82) is 0 Å². The molecule has 0 aromatic heterocycles. The summed E-state index contributed by atoms with van der Waals surface area (Å²) in [5, 5.41) is 1.88. The molecule has 0 aliphatic rings. The highest BCUT2D eigenvalue weighted by atomic mass is 79.9. The van der Waals surface area contributed by atoms with E-state index >= 15 is 0 Å². The highest BCUT2D eigenvalue weighted by Crippen LogP contribution is 2.14. The standard InChI is InChI=1S/C13H19BrClN/c1-11(2)16(8-4-7-14)10-12-5-3-6-13(15)9-12/h3,5-6,9,11H,4,7-8,10H2,1-2H3. The predicted molar refractivity (Wildman–Crippen MR) is 75.4 cm³/mol. The van der Waals surface area contributed by atoms with Crippen LogP contribution in [0.2, 0.25) is 5.02 Å². The molecule has 0 atom stereocenters. The van der Waals surface area contributed by atoms with Crippen molar-refractivity contribution in [2.45, 2.75) is 32.9 Å². The second-order valence-corrected chi connectivity index (χ2v) is 5.47. The molecule has 1 rings (SSSR count). The first-order valence-corrected chi connectivity index (χ1v) is 7.18. The Hall–Kier alpha value is -0.0500. The third-order valence-electron chi connectivity index (χ3n) is 2.58. The van der Waals surface area contributed by atoms with Crippen LogP contribution in [0.5, 0.6) is 0 Å². The van der Waals surface area contributed by atoms with Crippen molar-refractivity contribution in [3.05, 3.63) is 34.9 Å². The van der Waals surface area contributed by atoms with Gasteiger partial charge in [0.15, 0.2) is 0 Å². The molecule has 0 radical (unpaired) electrons. The fourth-order valence-electron chi connectivity index (χ4n) is 1.65. The van der Waals surface area contributed by atoms with Gasteiger partial charge in [0.2, 0.25) is 0 Å². The fraction of sp³-hybridized carbons (Fsp3) is 0.538. The van der Waals surface area contributed by atoms with Crippen LogP contribution < -0.4 is 0 Å². The van der Waals surface area contributed by atoms with Gasteiger partial charge in [-0.3, -0.25) is 4.90 Å². The minimum absolute atomic E-state index is 0.568. The lowest BCUT2D eigenvalue weighted by molar-refractivity contribution is 0.214. The number of rotatable bonds is 6. The molecule has 90 valence electrons. The molecule has 16 heavy (non-hydrogen) atoms. The molecule has 0 saturated carbocycles. The SMILES string of the molecule is CC(C)N(CCCBr)Cc1cccc(Cl)c1. The van der Waals surface area contributed by atoms with Crippen LogP contribution in [0.4, 0.5) is 0 Å². The molecule has 0 spiro atoms. The first kappa shape index (κ1) is 14.0. The monoisotopic (exact) mass is 303 g/mol. The summed E-state index contributed by atoms with van der Waals surface area (Å²) in [6.07, 6.45) is 1.18. The average Bonchev–Trinajstić information content (AvgIpc) is 2.24. The number of benzene rings is 1. The normalized spacial score (nSPS) is 11.4. The summed E-state index contributed by atoms with van der Waals surface area (Å²) in [4.78, 5) is 2.47. The summed E-state index contributed by atoms with van der Waals surface area (Å²) in [6, 6.07) is 8.68. The molecular weight excluding hydrogens is 286 g/mol. The Morgan fingerprint density at radius 1 is 1.38 bits per heavy atom. The molecule has 3 heteroatoms.